The van der Waals surface area contributed by atoms with E-state index in [9.17, 15) is 0 Å². The van der Waals surface area contributed by atoms with E-state index in [1.54, 1.807) is 7.11 Å². The summed E-state index contributed by atoms with van der Waals surface area (Å²) in [5.41, 5.74) is 13.0. The Bertz CT molecular complexity index is 2010. The van der Waals surface area contributed by atoms with Crippen molar-refractivity contribution in [1.82, 2.24) is 0 Å². The van der Waals surface area contributed by atoms with Crippen molar-refractivity contribution < 1.29 is 28.4 Å². The largest absolute Gasteiger partial charge is 0.497 e. The van der Waals surface area contributed by atoms with Gasteiger partial charge in [0, 0.05) is 6.04 Å². The molecule has 0 radical (unpaired) electrons. The Morgan fingerprint density at radius 2 is 0.955 bits per heavy atom. The Balaban J connectivity index is 1.23. The van der Waals surface area contributed by atoms with Gasteiger partial charge in [-0.2, -0.15) is 0 Å². The van der Waals surface area contributed by atoms with Gasteiger partial charge in [-0.15, -0.1) is 0 Å². The van der Waals surface area contributed by atoms with Gasteiger partial charge >= 0.3 is 0 Å². The lowest BCUT2D eigenvalue weighted by molar-refractivity contribution is -0.274. The summed E-state index contributed by atoms with van der Waals surface area (Å²) in [7, 11) is 1.71. The second kappa shape index (κ2) is 30.7. The molecule has 7 heteroatoms. The molecule has 0 amide bonds. The first-order chi connectivity index (χ1) is 33.1. The predicted molar refractivity (Wildman–Crippen MR) is 273 cm³/mol. The van der Waals surface area contributed by atoms with Crippen molar-refractivity contribution in [2.24, 2.45) is 11.7 Å². The topological polar surface area (TPSA) is 81.4 Å². The second-order valence-corrected chi connectivity index (χ2v) is 18.4. The van der Waals surface area contributed by atoms with Crippen LogP contribution in [0.2, 0.25) is 0 Å². The SMILES string of the molecule is CCCCCCCCCCCCC/C=C/[C@@H](Cc1ccc(OC)cc1)[C@@H](N)C[C@@H]1O[C@H](COCc2ccccc2)[C@H](OCc2ccccc2)[C@H](OCc2ccccc2)[C@H]1OCc1ccccc1. The van der Waals surface area contributed by atoms with Crippen LogP contribution in [-0.4, -0.2) is 50.3 Å². The molecule has 1 fully saturated rings. The van der Waals surface area contributed by atoms with E-state index in [0.29, 0.717) is 39.5 Å². The van der Waals surface area contributed by atoms with E-state index < -0.39 is 30.5 Å². The molecule has 0 unspecified atom stereocenters. The molecule has 67 heavy (non-hydrogen) atoms. The molecule has 0 aliphatic carbocycles. The van der Waals surface area contributed by atoms with E-state index in [-0.39, 0.29) is 12.0 Å². The Morgan fingerprint density at radius 3 is 1.45 bits per heavy atom. The number of benzene rings is 5. The molecule has 1 aliphatic heterocycles. The van der Waals surface area contributed by atoms with Gasteiger partial charge in [0.25, 0.3) is 0 Å². The molecule has 5 aromatic rings. The van der Waals surface area contributed by atoms with Crippen LogP contribution in [0.3, 0.4) is 0 Å². The molecule has 1 aliphatic rings. The molecule has 0 aromatic heterocycles. The molecular formula is C60H79NO6. The first-order valence-electron chi connectivity index (χ1n) is 25.4. The molecule has 6 rings (SSSR count). The summed E-state index contributed by atoms with van der Waals surface area (Å²) in [4.78, 5) is 0. The van der Waals surface area contributed by atoms with Crippen molar-refractivity contribution >= 4 is 0 Å². The molecule has 2 N–H and O–H groups in total. The van der Waals surface area contributed by atoms with Gasteiger partial charge in [-0.05, 0) is 71.6 Å². The van der Waals surface area contributed by atoms with Crippen molar-refractivity contribution in [1.29, 1.82) is 0 Å². The van der Waals surface area contributed by atoms with Gasteiger partial charge in [0.05, 0.1) is 46.2 Å². The Hall–Kier alpha value is -4.60. The number of nitrogens with two attached hydrogens (primary N) is 1. The number of rotatable bonds is 32. The summed E-state index contributed by atoms with van der Waals surface area (Å²) in [5.74, 6) is 0.903. The lowest BCUT2D eigenvalue weighted by Crippen LogP contribution is -2.62. The zero-order valence-corrected chi connectivity index (χ0v) is 40.5. The average molecular weight is 910 g/mol. The van der Waals surface area contributed by atoms with Crippen molar-refractivity contribution in [2.45, 2.75) is 160 Å². The fourth-order valence-electron chi connectivity index (χ4n) is 9.11. The quantitative estimate of drug-likeness (QED) is 0.0340. The molecule has 0 bridgehead atoms. The number of hydrogen-bond acceptors (Lipinski definition) is 7. The number of hydrogen-bond donors (Lipinski definition) is 1. The first-order valence-corrected chi connectivity index (χ1v) is 25.4. The summed E-state index contributed by atoms with van der Waals surface area (Å²) in [6.45, 7) is 4.21. The van der Waals surface area contributed by atoms with Gasteiger partial charge in [0.2, 0.25) is 0 Å². The zero-order chi connectivity index (χ0) is 46.6. The summed E-state index contributed by atoms with van der Waals surface area (Å²) in [6, 6.07) is 49.3. The standard InChI is InChI=1S/C60H79NO6/c1-3-4-5-6-7-8-9-10-11-12-13-14-27-36-53(41-48-37-39-54(62-2)40-38-48)55(61)42-56-58(64-44-50-30-21-16-22-31-50)60(66-46-52-34-25-18-26-35-52)59(65-45-51-32-23-17-24-33-51)57(67-56)47-63-43-49-28-19-15-20-29-49/h15-40,53,55-60H,3-14,41-47,61H2,1-2H3/b36-27+/t53-,55-,56-,57+,58-,59-,60+/m0/s1. The normalized spacial score (nSPS) is 19.4. The second-order valence-electron chi connectivity index (χ2n) is 18.4. The van der Waals surface area contributed by atoms with E-state index in [2.05, 4.69) is 79.7 Å². The van der Waals surface area contributed by atoms with Crippen LogP contribution in [0.1, 0.15) is 118 Å². The van der Waals surface area contributed by atoms with Crippen LogP contribution in [0, 0.1) is 5.92 Å². The maximum absolute atomic E-state index is 7.46. The summed E-state index contributed by atoms with van der Waals surface area (Å²) in [5, 5.41) is 0. The van der Waals surface area contributed by atoms with Crippen LogP contribution in [0.4, 0.5) is 0 Å². The highest BCUT2D eigenvalue weighted by molar-refractivity contribution is 5.28. The minimum Gasteiger partial charge on any atom is -0.497 e. The molecule has 5 aromatic carbocycles. The van der Waals surface area contributed by atoms with Crippen LogP contribution >= 0.6 is 0 Å². The molecule has 0 spiro atoms. The lowest BCUT2D eigenvalue weighted by Gasteiger charge is -2.47. The van der Waals surface area contributed by atoms with Crippen molar-refractivity contribution in [3.63, 3.8) is 0 Å². The fourth-order valence-corrected chi connectivity index (χ4v) is 9.11. The minimum absolute atomic E-state index is 0.0583. The molecule has 1 heterocycles. The molecule has 7 atom stereocenters. The smallest absolute Gasteiger partial charge is 0.118 e. The van der Waals surface area contributed by atoms with Crippen LogP contribution in [0.5, 0.6) is 5.75 Å². The van der Waals surface area contributed by atoms with Gasteiger partial charge < -0.3 is 34.2 Å². The Labute approximate surface area is 403 Å². The Kier molecular flexibility index (Phi) is 23.7. The first kappa shape index (κ1) is 51.8. The molecule has 1 saturated heterocycles. The molecule has 0 saturated carbocycles. The number of ether oxygens (including phenoxy) is 6. The molecule has 7 nitrogen and oxygen atoms in total. The summed E-state index contributed by atoms with van der Waals surface area (Å²) >= 11 is 0. The lowest BCUT2D eigenvalue weighted by atomic mass is 9.84. The monoisotopic (exact) mass is 910 g/mol. The van der Waals surface area contributed by atoms with Crippen LogP contribution < -0.4 is 10.5 Å². The molecule has 360 valence electrons. The number of allylic oxidation sites excluding steroid dienone is 1. The number of unbranched alkanes of at least 4 members (excludes halogenated alkanes) is 11. The van der Waals surface area contributed by atoms with Gasteiger partial charge in [-0.3, -0.25) is 0 Å². The highest BCUT2D eigenvalue weighted by Crippen LogP contribution is 2.34. The van der Waals surface area contributed by atoms with E-state index in [1.807, 2.05) is 84.9 Å². The van der Waals surface area contributed by atoms with Gasteiger partial charge in [-0.1, -0.05) is 217 Å². The van der Waals surface area contributed by atoms with E-state index >= 15 is 0 Å². The maximum Gasteiger partial charge on any atom is 0.118 e. The third-order valence-corrected chi connectivity index (χ3v) is 13.0. The zero-order valence-electron chi connectivity index (χ0n) is 40.5. The minimum atomic E-state index is -0.506. The highest BCUT2D eigenvalue weighted by Gasteiger charge is 2.49. The van der Waals surface area contributed by atoms with Crippen molar-refractivity contribution in [3.8, 4) is 5.75 Å². The van der Waals surface area contributed by atoms with Crippen LogP contribution in [-0.2, 0) is 56.5 Å². The van der Waals surface area contributed by atoms with Gasteiger partial charge in [-0.25, -0.2) is 0 Å². The van der Waals surface area contributed by atoms with E-state index in [1.165, 1.54) is 76.2 Å². The Morgan fingerprint density at radius 1 is 0.507 bits per heavy atom. The van der Waals surface area contributed by atoms with E-state index in [4.69, 9.17) is 34.2 Å². The summed E-state index contributed by atoms with van der Waals surface area (Å²) < 4.78 is 40.3. The van der Waals surface area contributed by atoms with Gasteiger partial charge in [0.1, 0.15) is 30.2 Å². The predicted octanol–water partition coefficient (Wildman–Crippen LogP) is 13.6. The van der Waals surface area contributed by atoms with Crippen LogP contribution in [0.15, 0.2) is 158 Å². The van der Waals surface area contributed by atoms with Crippen molar-refractivity contribution in [2.75, 3.05) is 13.7 Å². The van der Waals surface area contributed by atoms with Crippen LogP contribution in [0.25, 0.3) is 0 Å². The molecular weight excluding hydrogens is 831 g/mol. The maximum atomic E-state index is 7.46. The fraction of sp³-hybridized carbons (Fsp3) is 0.467. The summed E-state index contributed by atoms with van der Waals surface area (Å²) in [6.07, 6.45) is 19.4. The van der Waals surface area contributed by atoms with E-state index in [0.717, 1.165) is 40.8 Å². The average Bonchev–Trinajstić information content (AvgIpc) is 3.37. The third kappa shape index (κ3) is 18.8. The third-order valence-electron chi connectivity index (χ3n) is 13.0. The number of methoxy groups -OCH3 is 1. The van der Waals surface area contributed by atoms with Crippen molar-refractivity contribution in [3.05, 3.63) is 186 Å². The highest BCUT2D eigenvalue weighted by atomic mass is 16.6. The van der Waals surface area contributed by atoms with Gasteiger partial charge in [0.15, 0.2) is 0 Å².